The molecule has 10 heteroatoms. The molecule has 188 valence electrons. The van der Waals surface area contributed by atoms with E-state index in [1.54, 1.807) is 21.6 Å². The Morgan fingerprint density at radius 2 is 1.25 bits per heavy atom. The molecule has 0 rings (SSSR count). The molecule has 0 fully saturated rings. The summed E-state index contributed by atoms with van der Waals surface area (Å²) in [5.74, 6) is 4.45. The molecule has 2 amide bonds. The van der Waals surface area contributed by atoms with Crippen molar-refractivity contribution in [1.29, 1.82) is 0 Å². The fourth-order valence-corrected chi connectivity index (χ4v) is 6.26. The molecule has 0 aromatic carbocycles. The zero-order valence-electron chi connectivity index (χ0n) is 19.9. The summed E-state index contributed by atoms with van der Waals surface area (Å²) < 4.78 is 0. The van der Waals surface area contributed by atoms with E-state index in [1.165, 1.54) is 31.4 Å². The first kappa shape index (κ1) is 32.0. The molecule has 0 saturated carbocycles. The van der Waals surface area contributed by atoms with Crippen molar-refractivity contribution in [2.24, 2.45) is 0 Å². The molecule has 0 saturated heterocycles. The largest absolute Gasteiger partial charge is 0.356 e. The Kier molecular flexibility index (Phi) is 25.6. The van der Waals surface area contributed by atoms with Crippen LogP contribution in [0.15, 0.2) is 0 Å². The summed E-state index contributed by atoms with van der Waals surface area (Å²) in [6, 6.07) is 0. The molecule has 0 aromatic rings. The van der Waals surface area contributed by atoms with Crippen LogP contribution in [0.3, 0.4) is 0 Å². The number of unbranched alkanes of at least 4 members (excludes halogenated alkanes) is 4. The van der Waals surface area contributed by atoms with Crippen LogP contribution in [0.25, 0.3) is 0 Å². The summed E-state index contributed by atoms with van der Waals surface area (Å²) in [4.78, 5) is 34.7. The van der Waals surface area contributed by atoms with E-state index in [9.17, 15) is 14.4 Å². The summed E-state index contributed by atoms with van der Waals surface area (Å²) in [6.07, 6.45) is 7.70. The van der Waals surface area contributed by atoms with Crippen LogP contribution in [-0.2, 0) is 14.4 Å². The molecule has 0 aliphatic carbocycles. The summed E-state index contributed by atoms with van der Waals surface area (Å²) in [5, 5.41) is 9.08. The first-order valence-corrected chi connectivity index (χ1v) is 16.8. The molecule has 0 heterocycles. The van der Waals surface area contributed by atoms with Gasteiger partial charge >= 0.3 is 0 Å². The second-order valence-corrected chi connectivity index (χ2v) is 12.8. The molecule has 0 bridgehead atoms. The number of carbonyl (C=O) groups excluding carboxylic acids is 3. The fourth-order valence-electron chi connectivity index (χ4n) is 2.59. The van der Waals surface area contributed by atoms with Crippen LogP contribution in [0, 0.1) is 0 Å². The van der Waals surface area contributed by atoms with Crippen LogP contribution >= 0.6 is 43.2 Å². The van der Waals surface area contributed by atoms with E-state index < -0.39 is 0 Å². The Morgan fingerprint density at radius 3 is 2.03 bits per heavy atom. The van der Waals surface area contributed by atoms with Crippen molar-refractivity contribution < 1.29 is 14.4 Å². The van der Waals surface area contributed by atoms with Gasteiger partial charge in [0, 0.05) is 74.9 Å². The van der Waals surface area contributed by atoms with Crippen molar-refractivity contribution in [1.82, 2.24) is 16.0 Å². The zero-order chi connectivity index (χ0) is 23.7. The third-order valence-corrected chi connectivity index (χ3v) is 9.39. The molecule has 0 aromatic heterocycles. The van der Waals surface area contributed by atoms with Gasteiger partial charge in [0.1, 0.15) is 5.78 Å². The highest BCUT2D eigenvalue weighted by Gasteiger charge is 2.06. The van der Waals surface area contributed by atoms with Gasteiger partial charge in [0.05, 0.1) is 0 Å². The second kappa shape index (κ2) is 25.6. The lowest BCUT2D eigenvalue weighted by atomic mass is 10.1. The van der Waals surface area contributed by atoms with Crippen molar-refractivity contribution in [3.63, 3.8) is 0 Å². The van der Waals surface area contributed by atoms with Gasteiger partial charge in [-0.15, -0.1) is 0 Å². The summed E-state index contributed by atoms with van der Waals surface area (Å²) in [5.41, 5.74) is 0. The predicted octanol–water partition coefficient (Wildman–Crippen LogP) is 4.69. The minimum atomic E-state index is -0.0256. The van der Waals surface area contributed by atoms with Crippen LogP contribution < -0.4 is 16.0 Å². The quantitative estimate of drug-likeness (QED) is 0.124. The highest BCUT2D eigenvalue weighted by atomic mass is 33.1. The van der Waals surface area contributed by atoms with Crippen LogP contribution in [0.4, 0.5) is 0 Å². The number of carbonyl (C=O) groups is 3. The summed E-state index contributed by atoms with van der Waals surface area (Å²) >= 11 is 0. The van der Waals surface area contributed by atoms with E-state index >= 15 is 0 Å². The maximum Gasteiger partial charge on any atom is 0.220 e. The smallest absolute Gasteiger partial charge is 0.220 e. The lowest BCUT2D eigenvalue weighted by Gasteiger charge is -2.06. The number of Topliss-reactive ketones (excluding diaryl/α,β-unsaturated/α-hetero) is 1. The average Bonchev–Trinajstić information content (AvgIpc) is 2.79. The highest BCUT2D eigenvalue weighted by molar-refractivity contribution is 8.77. The predicted molar refractivity (Wildman–Crippen MR) is 147 cm³/mol. The third kappa shape index (κ3) is 24.6. The first-order valence-electron chi connectivity index (χ1n) is 11.8. The molecule has 0 aliphatic heterocycles. The Balaban J connectivity index is 3.27. The van der Waals surface area contributed by atoms with Gasteiger partial charge in [0.2, 0.25) is 11.8 Å². The molecule has 32 heavy (non-hydrogen) atoms. The van der Waals surface area contributed by atoms with Crippen LogP contribution in [0.5, 0.6) is 0 Å². The number of ketones is 1. The normalized spacial score (nSPS) is 10.8. The van der Waals surface area contributed by atoms with Crippen LogP contribution in [-0.4, -0.2) is 66.8 Å². The highest BCUT2D eigenvalue weighted by Crippen LogP contribution is 2.22. The molecule has 6 nitrogen and oxygen atoms in total. The Labute approximate surface area is 211 Å². The van der Waals surface area contributed by atoms with Crippen molar-refractivity contribution in [2.45, 2.75) is 71.6 Å². The number of amides is 2. The van der Waals surface area contributed by atoms with E-state index in [2.05, 4.69) is 22.9 Å². The molecule has 0 spiro atoms. The van der Waals surface area contributed by atoms with Gasteiger partial charge in [-0.25, -0.2) is 0 Å². The molecule has 0 atom stereocenters. The minimum absolute atomic E-state index is 0.0256. The monoisotopic (exact) mass is 525 g/mol. The second-order valence-electron chi connectivity index (χ2n) is 7.23. The van der Waals surface area contributed by atoms with Gasteiger partial charge in [0.25, 0.3) is 0 Å². The Morgan fingerprint density at radius 1 is 0.594 bits per heavy atom. The van der Waals surface area contributed by atoms with Crippen molar-refractivity contribution in [3.8, 4) is 0 Å². The Bertz CT molecular complexity index is 485. The molecule has 0 radical (unpaired) electrons. The molecular weight excluding hydrogens is 483 g/mol. The maximum atomic E-state index is 11.9. The van der Waals surface area contributed by atoms with E-state index in [-0.39, 0.29) is 17.6 Å². The lowest BCUT2D eigenvalue weighted by molar-refractivity contribution is -0.125. The number of hydrogen-bond donors (Lipinski definition) is 3. The van der Waals surface area contributed by atoms with Crippen molar-refractivity contribution in [3.05, 3.63) is 0 Å². The molecule has 3 N–H and O–H groups in total. The number of hydrogen-bond acceptors (Lipinski definition) is 8. The topological polar surface area (TPSA) is 87.3 Å². The van der Waals surface area contributed by atoms with Gasteiger partial charge in [-0.3, -0.25) is 14.4 Å². The van der Waals surface area contributed by atoms with Crippen molar-refractivity contribution >= 4 is 60.8 Å². The fraction of sp³-hybridized carbons (Fsp3) is 0.864. The van der Waals surface area contributed by atoms with Gasteiger partial charge in [-0.05, 0) is 12.8 Å². The first-order chi connectivity index (χ1) is 15.6. The SMILES string of the molecule is CCSSCCNC(=O)CCC(=O)CCNCCSSCCCCCCCNC(=O)CC. The molecular formula is C22H43N3O3S4. The molecule has 0 unspecified atom stereocenters. The van der Waals surface area contributed by atoms with E-state index in [1.807, 2.05) is 28.5 Å². The van der Waals surface area contributed by atoms with E-state index in [0.29, 0.717) is 38.8 Å². The van der Waals surface area contributed by atoms with E-state index in [0.717, 1.165) is 36.8 Å². The van der Waals surface area contributed by atoms with Crippen LogP contribution in [0.2, 0.25) is 0 Å². The number of nitrogens with one attached hydrogen (secondary N) is 3. The van der Waals surface area contributed by atoms with Crippen LogP contribution in [0.1, 0.15) is 71.6 Å². The van der Waals surface area contributed by atoms with Gasteiger partial charge in [-0.2, -0.15) is 0 Å². The summed E-state index contributed by atoms with van der Waals surface area (Å²) in [7, 11) is 7.36. The van der Waals surface area contributed by atoms with Gasteiger partial charge in [0.15, 0.2) is 0 Å². The summed E-state index contributed by atoms with van der Waals surface area (Å²) in [6.45, 7) is 7.06. The standard InChI is InChI=1S/C22H43N3O3S4/c1-3-21(27)24-13-8-6-5-7-9-17-30-32-18-15-23-14-12-20(26)10-11-22(28)25-16-19-31-29-4-2/h23H,3-19H2,1-2H3,(H,24,27)(H,25,28). The average molecular weight is 526 g/mol. The maximum absolute atomic E-state index is 11.9. The van der Waals surface area contributed by atoms with Gasteiger partial charge < -0.3 is 16.0 Å². The Hall–Kier alpha value is -0.0300. The molecule has 0 aliphatic rings. The van der Waals surface area contributed by atoms with E-state index in [4.69, 9.17) is 0 Å². The number of rotatable bonds is 24. The zero-order valence-corrected chi connectivity index (χ0v) is 23.1. The van der Waals surface area contributed by atoms with Gasteiger partial charge in [-0.1, -0.05) is 76.3 Å². The minimum Gasteiger partial charge on any atom is -0.356 e. The van der Waals surface area contributed by atoms with Crippen molar-refractivity contribution in [2.75, 3.05) is 49.2 Å². The third-order valence-electron chi connectivity index (χ3n) is 4.41. The lowest BCUT2D eigenvalue weighted by Crippen LogP contribution is -2.26.